The van der Waals surface area contributed by atoms with E-state index in [9.17, 15) is 4.79 Å². The minimum atomic E-state index is -0.311. The van der Waals surface area contributed by atoms with E-state index >= 15 is 0 Å². The van der Waals surface area contributed by atoms with Gasteiger partial charge in [0.05, 0.1) is 28.1 Å². The van der Waals surface area contributed by atoms with Crippen LogP contribution in [0.25, 0.3) is 33.4 Å². The third-order valence-electron chi connectivity index (χ3n) is 4.87. The van der Waals surface area contributed by atoms with Gasteiger partial charge < -0.3 is 11.1 Å². The Hall–Kier alpha value is -3.45. The van der Waals surface area contributed by atoms with Gasteiger partial charge >= 0.3 is 0 Å². The predicted octanol–water partition coefficient (Wildman–Crippen LogP) is 3.81. The molecule has 2 aromatic carbocycles. The summed E-state index contributed by atoms with van der Waals surface area (Å²) in [6.07, 6.45) is 3.64. The van der Waals surface area contributed by atoms with Crippen molar-refractivity contribution in [1.29, 1.82) is 0 Å². The molecular formula is C21H17ClN6O. The number of anilines is 1. The maximum atomic E-state index is 12.7. The lowest BCUT2D eigenvalue weighted by molar-refractivity contribution is 0.0947. The fourth-order valence-electron chi connectivity index (χ4n) is 3.25. The van der Waals surface area contributed by atoms with Crippen molar-refractivity contribution in [3.05, 3.63) is 59.4 Å². The van der Waals surface area contributed by atoms with Gasteiger partial charge in [-0.1, -0.05) is 41.9 Å². The maximum Gasteiger partial charge on any atom is 0.273 e. The SMILES string of the molecule is Nc1nc(-c2ccccc2)c(-c2cc(Cl)c3[nH]ncc3c2)nc1C(=O)NC1CC1. The molecule has 1 aliphatic carbocycles. The van der Waals surface area contributed by atoms with Crippen molar-refractivity contribution in [2.75, 3.05) is 5.73 Å². The summed E-state index contributed by atoms with van der Waals surface area (Å²) in [6, 6.07) is 13.5. The molecule has 0 radical (unpaired) electrons. The van der Waals surface area contributed by atoms with Gasteiger partial charge in [0.2, 0.25) is 0 Å². The molecule has 1 amide bonds. The van der Waals surface area contributed by atoms with E-state index in [2.05, 4.69) is 25.5 Å². The molecule has 29 heavy (non-hydrogen) atoms. The van der Waals surface area contributed by atoms with E-state index in [0.29, 0.717) is 16.4 Å². The molecule has 7 nitrogen and oxygen atoms in total. The Balaban J connectivity index is 1.72. The lowest BCUT2D eigenvalue weighted by Gasteiger charge is -2.13. The van der Waals surface area contributed by atoms with Gasteiger partial charge in [0.1, 0.15) is 0 Å². The standard InChI is InChI=1S/C21H17ClN6O/c22-15-9-12(8-13-10-24-28-16(13)15)18-17(11-4-2-1-3-5-11)27-20(23)19(26-18)21(29)25-14-6-7-14/h1-5,8-10,14H,6-7H2,(H2,23,27)(H,24,28)(H,25,29). The largest absolute Gasteiger partial charge is 0.382 e. The van der Waals surface area contributed by atoms with Crippen LogP contribution in [0.2, 0.25) is 5.02 Å². The zero-order valence-electron chi connectivity index (χ0n) is 15.3. The normalized spacial score (nSPS) is 13.6. The van der Waals surface area contributed by atoms with Gasteiger partial charge in [0, 0.05) is 22.6 Å². The summed E-state index contributed by atoms with van der Waals surface area (Å²) in [5.41, 5.74) is 9.70. The number of nitrogens with one attached hydrogen (secondary N) is 2. The molecule has 1 aliphatic rings. The zero-order valence-corrected chi connectivity index (χ0v) is 16.1. The van der Waals surface area contributed by atoms with Crippen LogP contribution in [0.3, 0.4) is 0 Å². The molecule has 2 aromatic heterocycles. The maximum absolute atomic E-state index is 12.7. The molecule has 2 heterocycles. The number of fused-ring (bicyclic) bond motifs is 1. The van der Waals surface area contributed by atoms with Crippen LogP contribution in [0.4, 0.5) is 5.82 Å². The Bertz CT molecular complexity index is 1230. The summed E-state index contributed by atoms with van der Waals surface area (Å²) in [6.45, 7) is 0. The molecule has 144 valence electrons. The van der Waals surface area contributed by atoms with Crippen molar-refractivity contribution in [2.45, 2.75) is 18.9 Å². The van der Waals surface area contributed by atoms with Crippen LogP contribution in [-0.4, -0.2) is 32.1 Å². The first-order valence-corrected chi connectivity index (χ1v) is 9.65. The summed E-state index contributed by atoms with van der Waals surface area (Å²) >= 11 is 6.44. The average Bonchev–Trinajstić information content (AvgIpc) is 3.40. The van der Waals surface area contributed by atoms with Crippen LogP contribution < -0.4 is 11.1 Å². The number of halogens is 1. The van der Waals surface area contributed by atoms with Crippen LogP contribution in [-0.2, 0) is 0 Å². The number of nitrogens with two attached hydrogens (primary N) is 1. The van der Waals surface area contributed by atoms with E-state index in [1.807, 2.05) is 36.4 Å². The van der Waals surface area contributed by atoms with Crippen LogP contribution in [0.15, 0.2) is 48.7 Å². The number of aromatic nitrogens is 4. The molecule has 8 heteroatoms. The number of hydrogen-bond acceptors (Lipinski definition) is 5. The van der Waals surface area contributed by atoms with Gasteiger partial charge in [-0.25, -0.2) is 9.97 Å². The number of carbonyl (C=O) groups excluding carboxylic acids is 1. The van der Waals surface area contributed by atoms with E-state index in [0.717, 1.165) is 34.9 Å². The number of amides is 1. The number of nitrogen functional groups attached to an aromatic ring is 1. The van der Waals surface area contributed by atoms with Gasteiger partial charge in [-0.05, 0) is 25.0 Å². The second-order valence-electron chi connectivity index (χ2n) is 7.06. The van der Waals surface area contributed by atoms with E-state index in [4.69, 9.17) is 17.3 Å². The van der Waals surface area contributed by atoms with Crippen LogP contribution in [0.5, 0.6) is 0 Å². The Morgan fingerprint density at radius 1 is 1.10 bits per heavy atom. The summed E-state index contributed by atoms with van der Waals surface area (Å²) in [5.74, 6) is -0.213. The summed E-state index contributed by atoms with van der Waals surface area (Å²) in [5, 5.41) is 11.2. The number of hydrogen-bond donors (Lipinski definition) is 3. The zero-order chi connectivity index (χ0) is 20.0. The number of H-pyrrole nitrogens is 1. The number of benzene rings is 2. The third-order valence-corrected chi connectivity index (χ3v) is 5.17. The van der Waals surface area contributed by atoms with Crippen molar-refractivity contribution in [2.24, 2.45) is 0 Å². The highest BCUT2D eigenvalue weighted by Gasteiger charge is 2.27. The van der Waals surface area contributed by atoms with Crippen molar-refractivity contribution < 1.29 is 4.79 Å². The Kier molecular flexibility index (Phi) is 4.17. The molecule has 1 fully saturated rings. The molecule has 0 bridgehead atoms. The first-order chi connectivity index (χ1) is 14.1. The number of aromatic amines is 1. The molecule has 0 spiro atoms. The number of carbonyl (C=O) groups is 1. The van der Waals surface area contributed by atoms with Crippen molar-refractivity contribution in [3.63, 3.8) is 0 Å². The fraction of sp³-hybridized carbons (Fsp3) is 0.143. The third kappa shape index (κ3) is 3.30. The Morgan fingerprint density at radius 2 is 1.86 bits per heavy atom. The fourth-order valence-corrected chi connectivity index (χ4v) is 3.52. The Labute approximate surface area is 171 Å². The highest BCUT2D eigenvalue weighted by molar-refractivity contribution is 6.35. The van der Waals surface area contributed by atoms with Crippen LogP contribution >= 0.6 is 11.6 Å². The van der Waals surface area contributed by atoms with Gasteiger partial charge in [-0.3, -0.25) is 9.89 Å². The monoisotopic (exact) mass is 404 g/mol. The van der Waals surface area contributed by atoms with Gasteiger partial charge in [-0.15, -0.1) is 0 Å². The molecule has 1 saturated carbocycles. The molecular weight excluding hydrogens is 388 g/mol. The van der Waals surface area contributed by atoms with E-state index in [-0.39, 0.29) is 23.5 Å². The van der Waals surface area contributed by atoms with E-state index in [1.54, 1.807) is 12.3 Å². The summed E-state index contributed by atoms with van der Waals surface area (Å²) in [4.78, 5) is 21.8. The average molecular weight is 405 g/mol. The van der Waals surface area contributed by atoms with Gasteiger partial charge in [0.25, 0.3) is 5.91 Å². The van der Waals surface area contributed by atoms with Crippen LogP contribution in [0, 0.1) is 0 Å². The van der Waals surface area contributed by atoms with E-state index in [1.165, 1.54) is 0 Å². The quantitative estimate of drug-likeness (QED) is 0.479. The first-order valence-electron chi connectivity index (χ1n) is 9.27. The minimum Gasteiger partial charge on any atom is -0.382 e. The molecule has 0 unspecified atom stereocenters. The topological polar surface area (TPSA) is 110 Å². The summed E-state index contributed by atoms with van der Waals surface area (Å²) in [7, 11) is 0. The number of nitrogens with zero attached hydrogens (tertiary/aromatic N) is 3. The number of rotatable bonds is 4. The van der Waals surface area contributed by atoms with Crippen LogP contribution in [0.1, 0.15) is 23.3 Å². The highest BCUT2D eigenvalue weighted by atomic mass is 35.5. The second kappa shape index (κ2) is 6.86. The second-order valence-corrected chi connectivity index (χ2v) is 7.47. The van der Waals surface area contributed by atoms with Crippen molar-refractivity contribution >= 4 is 34.2 Å². The molecule has 0 atom stereocenters. The van der Waals surface area contributed by atoms with Crippen molar-refractivity contribution in [1.82, 2.24) is 25.5 Å². The summed E-state index contributed by atoms with van der Waals surface area (Å²) < 4.78 is 0. The molecule has 4 aromatic rings. The molecule has 0 saturated heterocycles. The lowest BCUT2D eigenvalue weighted by atomic mass is 10.0. The van der Waals surface area contributed by atoms with Crippen molar-refractivity contribution in [3.8, 4) is 22.5 Å². The highest BCUT2D eigenvalue weighted by Crippen LogP contribution is 2.35. The van der Waals surface area contributed by atoms with E-state index < -0.39 is 0 Å². The van der Waals surface area contributed by atoms with Gasteiger partial charge in [-0.2, -0.15) is 5.10 Å². The minimum absolute atomic E-state index is 0.0984. The predicted molar refractivity (Wildman–Crippen MR) is 112 cm³/mol. The van der Waals surface area contributed by atoms with Gasteiger partial charge in [0.15, 0.2) is 11.5 Å². The lowest BCUT2D eigenvalue weighted by Crippen LogP contribution is -2.28. The molecule has 5 rings (SSSR count). The Morgan fingerprint density at radius 3 is 2.62 bits per heavy atom. The smallest absolute Gasteiger partial charge is 0.273 e. The molecule has 4 N–H and O–H groups in total. The molecule has 0 aliphatic heterocycles. The first kappa shape index (κ1) is 17.6.